The molecule has 1 aliphatic rings. The molecule has 2 rings (SSSR count). The second kappa shape index (κ2) is 2.82. The predicted octanol–water partition coefficient (Wildman–Crippen LogP) is 2.48. The topological polar surface area (TPSA) is 22.1 Å². The first-order chi connectivity index (χ1) is 5.71. The van der Waals surface area contributed by atoms with Crippen LogP contribution in [0, 0.1) is 0 Å². The highest BCUT2D eigenvalue weighted by Gasteiger charge is 2.35. The van der Waals surface area contributed by atoms with E-state index in [1.807, 2.05) is 6.20 Å². The Bertz CT molecular complexity index is 296. The third kappa shape index (κ3) is 1.27. The van der Waals surface area contributed by atoms with E-state index in [1.54, 1.807) is 6.20 Å². The maximum atomic E-state index is 5.50. The minimum atomic E-state index is -0.0865. The molecule has 1 aromatic rings. The van der Waals surface area contributed by atoms with Crippen LogP contribution in [0.15, 0.2) is 22.9 Å². The van der Waals surface area contributed by atoms with Gasteiger partial charge in [0.1, 0.15) is 0 Å². The molecule has 0 aliphatic carbocycles. The highest BCUT2D eigenvalue weighted by atomic mass is 79.9. The van der Waals surface area contributed by atoms with E-state index >= 15 is 0 Å². The third-order valence-electron chi connectivity index (χ3n) is 2.32. The number of ether oxygens (including phenoxy) is 1. The summed E-state index contributed by atoms with van der Waals surface area (Å²) in [5.74, 6) is 0. The number of halogens is 1. The molecule has 0 radical (unpaired) electrons. The van der Waals surface area contributed by atoms with Gasteiger partial charge in [0.2, 0.25) is 0 Å². The van der Waals surface area contributed by atoms with Crippen LogP contribution in [0.4, 0.5) is 0 Å². The summed E-state index contributed by atoms with van der Waals surface area (Å²) in [6.45, 7) is 2.96. The molecule has 1 aliphatic heterocycles. The van der Waals surface area contributed by atoms with Crippen molar-refractivity contribution in [1.82, 2.24) is 4.98 Å². The Hall–Kier alpha value is -0.410. The number of hydrogen-bond acceptors (Lipinski definition) is 2. The van der Waals surface area contributed by atoms with Crippen LogP contribution in [0.5, 0.6) is 0 Å². The minimum Gasteiger partial charge on any atom is -0.370 e. The van der Waals surface area contributed by atoms with Crippen LogP contribution < -0.4 is 0 Å². The van der Waals surface area contributed by atoms with Crippen LogP contribution in [0.25, 0.3) is 0 Å². The Balaban J connectivity index is 2.33. The van der Waals surface area contributed by atoms with Crippen molar-refractivity contribution in [3.8, 4) is 0 Å². The van der Waals surface area contributed by atoms with Gasteiger partial charge in [-0.05, 0) is 28.9 Å². The van der Waals surface area contributed by atoms with Crippen LogP contribution >= 0.6 is 15.9 Å². The van der Waals surface area contributed by atoms with Crippen molar-refractivity contribution in [2.24, 2.45) is 0 Å². The molecule has 1 aromatic heterocycles. The Labute approximate surface area is 80.1 Å². The first kappa shape index (κ1) is 8.20. The Morgan fingerprint density at radius 2 is 2.33 bits per heavy atom. The van der Waals surface area contributed by atoms with Crippen molar-refractivity contribution in [3.63, 3.8) is 0 Å². The molecule has 1 saturated heterocycles. The Kier molecular flexibility index (Phi) is 1.93. The van der Waals surface area contributed by atoms with Crippen LogP contribution in [0.1, 0.15) is 18.9 Å². The van der Waals surface area contributed by atoms with Gasteiger partial charge in [-0.25, -0.2) is 0 Å². The normalized spacial score (nSPS) is 28.2. The van der Waals surface area contributed by atoms with Crippen molar-refractivity contribution in [3.05, 3.63) is 28.5 Å². The Morgan fingerprint density at radius 3 is 2.83 bits per heavy atom. The largest absolute Gasteiger partial charge is 0.370 e. The quantitative estimate of drug-likeness (QED) is 0.736. The molecule has 3 heteroatoms. The number of hydrogen-bond donors (Lipinski definition) is 0. The first-order valence-electron chi connectivity index (χ1n) is 3.96. The molecule has 1 unspecified atom stereocenters. The average molecular weight is 228 g/mol. The molecule has 0 spiro atoms. The van der Waals surface area contributed by atoms with E-state index in [0.29, 0.717) is 0 Å². The zero-order valence-corrected chi connectivity index (χ0v) is 8.47. The molecule has 2 heterocycles. The van der Waals surface area contributed by atoms with Gasteiger partial charge < -0.3 is 4.74 Å². The number of pyridine rings is 1. The molecule has 1 fully saturated rings. The van der Waals surface area contributed by atoms with E-state index in [1.165, 1.54) is 0 Å². The molecular weight excluding hydrogens is 218 g/mol. The van der Waals surface area contributed by atoms with Gasteiger partial charge in [0.15, 0.2) is 0 Å². The zero-order valence-electron chi connectivity index (χ0n) is 6.88. The second-order valence-electron chi connectivity index (χ2n) is 3.22. The van der Waals surface area contributed by atoms with E-state index in [-0.39, 0.29) is 5.60 Å². The lowest BCUT2D eigenvalue weighted by Crippen LogP contribution is -2.37. The molecule has 0 aromatic carbocycles. The molecule has 0 saturated carbocycles. The standard InChI is InChI=1S/C9H10BrNO/c1-9(2-3-12-9)7-4-8(10)6-11-5-7/h4-6H,2-3H2,1H3. The van der Waals surface area contributed by atoms with Crippen molar-refractivity contribution in [2.45, 2.75) is 18.9 Å². The average Bonchev–Trinajstić information content (AvgIpc) is 2.00. The third-order valence-corrected chi connectivity index (χ3v) is 2.75. The fourth-order valence-corrected chi connectivity index (χ4v) is 1.70. The fourth-order valence-electron chi connectivity index (χ4n) is 1.34. The van der Waals surface area contributed by atoms with Gasteiger partial charge in [-0.2, -0.15) is 0 Å². The number of aromatic nitrogens is 1. The van der Waals surface area contributed by atoms with E-state index < -0.39 is 0 Å². The zero-order chi connectivity index (χ0) is 8.60. The summed E-state index contributed by atoms with van der Waals surface area (Å²) in [6, 6.07) is 2.06. The predicted molar refractivity (Wildman–Crippen MR) is 49.9 cm³/mol. The van der Waals surface area contributed by atoms with Gasteiger partial charge in [0.05, 0.1) is 12.2 Å². The minimum absolute atomic E-state index is 0.0865. The smallest absolute Gasteiger partial charge is 0.0940 e. The SMILES string of the molecule is CC1(c2cncc(Br)c2)CCO1. The van der Waals surface area contributed by atoms with E-state index in [4.69, 9.17) is 4.74 Å². The summed E-state index contributed by atoms with van der Waals surface area (Å²) >= 11 is 3.39. The van der Waals surface area contributed by atoms with Crippen LogP contribution in [0.2, 0.25) is 0 Å². The molecule has 0 bridgehead atoms. The van der Waals surface area contributed by atoms with Gasteiger partial charge >= 0.3 is 0 Å². The van der Waals surface area contributed by atoms with Crippen molar-refractivity contribution in [2.75, 3.05) is 6.61 Å². The van der Waals surface area contributed by atoms with Gasteiger partial charge in [-0.15, -0.1) is 0 Å². The van der Waals surface area contributed by atoms with Crippen molar-refractivity contribution >= 4 is 15.9 Å². The molecule has 12 heavy (non-hydrogen) atoms. The number of nitrogens with zero attached hydrogens (tertiary/aromatic N) is 1. The lowest BCUT2D eigenvalue weighted by atomic mass is 9.90. The highest BCUT2D eigenvalue weighted by molar-refractivity contribution is 9.10. The maximum absolute atomic E-state index is 5.50. The van der Waals surface area contributed by atoms with Crippen molar-refractivity contribution < 1.29 is 4.74 Å². The number of rotatable bonds is 1. The van der Waals surface area contributed by atoms with E-state index in [9.17, 15) is 0 Å². The summed E-state index contributed by atoms with van der Waals surface area (Å²) in [5, 5.41) is 0. The molecule has 0 N–H and O–H groups in total. The maximum Gasteiger partial charge on any atom is 0.0940 e. The molecule has 2 nitrogen and oxygen atoms in total. The lowest BCUT2D eigenvalue weighted by Gasteiger charge is -2.38. The van der Waals surface area contributed by atoms with Gasteiger partial charge in [-0.1, -0.05) is 0 Å². The highest BCUT2D eigenvalue weighted by Crippen LogP contribution is 2.36. The van der Waals surface area contributed by atoms with Crippen LogP contribution in [-0.4, -0.2) is 11.6 Å². The summed E-state index contributed by atoms with van der Waals surface area (Å²) in [6.07, 6.45) is 4.74. The summed E-state index contributed by atoms with van der Waals surface area (Å²) in [5.41, 5.74) is 1.07. The second-order valence-corrected chi connectivity index (χ2v) is 4.14. The van der Waals surface area contributed by atoms with Gasteiger partial charge in [-0.3, -0.25) is 4.98 Å². The lowest BCUT2D eigenvalue weighted by molar-refractivity contribution is -0.140. The summed E-state index contributed by atoms with van der Waals surface area (Å²) in [4.78, 5) is 4.11. The fraction of sp³-hybridized carbons (Fsp3) is 0.444. The van der Waals surface area contributed by atoms with Crippen molar-refractivity contribution in [1.29, 1.82) is 0 Å². The molecule has 64 valence electrons. The van der Waals surface area contributed by atoms with Crippen LogP contribution in [0.3, 0.4) is 0 Å². The summed E-state index contributed by atoms with van der Waals surface area (Å²) < 4.78 is 6.51. The molecule has 0 amide bonds. The van der Waals surface area contributed by atoms with Crippen LogP contribution in [-0.2, 0) is 10.3 Å². The monoisotopic (exact) mass is 227 g/mol. The first-order valence-corrected chi connectivity index (χ1v) is 4.75. The van der Waals surface area contributed by atoms with E-state index in [0.717, 1.165) is 23.1 Å². The molecule has 1 atom stereocenters. The molecular formula is C9H10BrNO. The van der Waals surface area contributed by atoms with E-state index in [2.05, 4.69) is 33.9 Å². The van der Waals surface area contributed by atoms with Gasteiger partial charge in [0.25, 0.3) is 0 Å². The summed E-state index contributed by atoms with van der Waals surface area (Å²) in [7, 11) is 0. The Morgan fingerprint density at radius 1 is 1.58 bits per heavy atom. The van der Waals surface area contributed by atoms with Gasteiger partial charge in [0, 0.05) is 28.9 Å².